The molecule has 2 aromatic carbocycles. The van der Waals surface area contributed by atoms with Gasteiger partial charge < -0.3 is 15.8 Å². The second-order valence-electron chi connectivity index (χ2n) is 5.36. The molecule has 0 saturated carbocycles. The molecule has 1 aliphatic rings. The van der Waals surface area contributed by atoms with E-state index in [1.807, 2.05) is 12.1 Å². The van der Waals surface area contributed by atoms with Gasteiger partial charge in [0, 0.05) is 18.2 Å². The Hall–Kier alpha value is -1.52. The molecule has 3 rings (SSSR count). The predicted octanol–water partition coefficient (Wildman–Crippen LogP) is 3.32. The van der Waals surface area contributed by atoms with Crippen LogP contribution in [-0.4, -0.2) is 20.2 Å². The van der Waals surface area contributed by atoms with Crippen molar-refractivity contribution in [3.8, 4) is 5.75 Å². The number of fused-ring (bicyclic) bond motifs is 1. The molecule has 110 valence electrons. The minimum atomic E-state index is 0.324. The SMILES string of the molecule is COc1cc2c(cc1Br)CCNCC2c1ccc(N)cc1. The highest BCUT2D eigenvalue weighted by molar-refractivity contribution is 9.10. The van der Waals surface area contributed by atoms with Gasteiger partial charge in [-0.25, -0.2) is 0 Å². The topological polar surface area (TPSA) is 47.3 Å². The Morgan fingerprint density at radius 2 is 2.00 bits per heavy atom. The molecule has 1 aliphatic heterocycles. The minimum Gasteiger partial charge on any atom is -0.496 e. The van der Waals surface area contributed by atoms with Gasteiger partial charge in [-0.1, -0.05) is 12.1 Å². The molecule has 3 nitrogen and oxygen atoms in total. The maximum atomic E-state index is 5.81. The maximum absolute atomic E-state index is 5.81. The normalized spacial score (nSPS) is 17.9. The van der Waals surface area contributed by atoms with E-state index in [2.05, 4.69) is 45.5 Å². The van der Waals surface area contributed by atoms with E-state index in [0.29, 0.717) is 5.92 Å². The van der Waals surface area contributed by atoms with Gasteiger partial charge in [0.2, 0.25) is 0 Å². The van der Waals surface area contributed by atoms with Crippen molar-refractivity contribution in [1.29, 1.82) is 0 Å². The van der Waals surface area contributed by atoms with E-state index in [4.69, 9.17) is 10.5 Å². The number of hydrogen-bond donors (Lipinski definition) is 2. The van der Waals surface area contributed by atoms with Gasteiger partial charge in [-0.2, -0.15) is 0 Å². The van der Waals surface area contributed by atoms with Crippen molar-refractivity contribution in [2.24, 2.45) is 0 Å². The molecular formula is C17H19BrN2O. The number of benzene rings is 2. The molecule has 1 atom stereocenters. The summed E-state index contributed by atoms with van der Waals surface area (Å²) in [4.78, 5) is 0. The zero-order chi connectivity index (χ0) is 14.8. The minimum absolute atomic E-state index is 0.324. The van der Waals surface area contributed by atoms with Gasteiger partial charge in [0.1, 0.15) is 5.75 Å². The highest BCUT2D eigenvalue weighted by Gasteiger charge is 2.22. The molecule has 21 heavy (non-hydrogen) atoms. The zero-order valence-electron chi connectivity index (χ0n) is 12.0. The summed E-state index contributed by atoms with van der Waals surface area (Å²) in [6.45, 7) is 1.93. The second-order valence-corrected chi connectivity index (χ2v) is 6.21. The van der Waals surface area contributed by atoms with Gasteiger partial charge in [0.15, 0.2) is 0 Å². The van der Waals surface area contributed by atoms with Gasteiger partial charge in [-0.05, 0) is 69.9 Å². The lowest BCUT2D eigenvalue weighted by Gasteiger charge is -2.20. The van der Waals surface area contributed by atoms with E-state index in [0.717, 1.165) is 35.4 Å². The van der Waals surface area contributed by atoms with Crippen LogP contribution in [0.15, 0.2) is 40.9 Å². The number of ether oxygens (including phenoxy) is 1. The van der Waals surface area contributed by atoms with Crippen LogP contribution in [0.4, 0.5) is 5.69 Å². The molecule has 4 heteroatoms. The standard InChI is InChI=1S/C17H19BrN2O/c1-21-17-9-14-12(8-16(17)18)6-7-20-10-15(14)11-2-4-13(19)5-3-11/h2-5,8-9,15,20H,6-7,10,19H2,1H3. The van der Waals surface area contributed by atoms with Crippen LogP contribution in [0.3, 0.4) is 0 Å². The maximum Gasteiger partial charge on any atom is 0.133 e. The van der Waals surface area contributed by atoms with E-state index >= 15 is 0 Å². The van der Waals surface area contributed by atoms with Gasteiger partial charge in [0.05, 0.1) is 11.6 Å². The summed E-state index contributed by atoms with van der Waals surface area (Å²) < 4.78 is 6.48. The molecule has 0 amide bonds. The number of nitrogens with one attached hydrogen (secondary N) is 1. The fraction of sp³-hybridized carbons (Fsp3) is 0.294. The third-order valence-corrected chi connectivity index (χ3v) is 4.67. The van der Waals surface area contributed by atoms with Crippen LogP contribution >= 0.6 is 15.9 Å². The van der Waals surface area contributed by atoms with E-state index in [-0.39, 0.29) is 0 Å². The van der Waals surface area contributed by atoms with Crippen LogP contribution < -0.4 is 15.8 Å². The molecule has 0 aliphatic carbocycles. The number of halogens is 1. The van der Waals surface area contributed by atoms with Crippen molar-refractivity contribution < 1.29 is 4.74 Å². The molecule has 3 N–H and O–H groups in total. The lowest BCUT2D eigenvalue weighted by atomic mass is 9.88. The van der Waals surface area contributed by atoms with Gasteiger partial charge in [0.25, 0.3) is 0 Å². The van der Waals surface area contributed by atoms with Crippen LogP contribution in [0.5, 0.6) is 5.75 Å². The fourth-order valence-electron chi connectivity index (χ4n) is 2.91. The van der Waals surface area contributed by atoms with Crippen LogP contribution in [0.25, 0.3) is 0 Å². The molecule has 1 heterocycles. The van der Waals surface area contributed by atoms with Gasteiger partial charge in [-0.15, -0.1) is 0 Å². The molecule has 0 radical (unpaired) electrons. The summed E-state index contributed by atoms with van der Waals surface area (Å²) in [6.07, 6.45) is 1.03. The first-order chi connectivity index (χ1) is 10.2. The van der Waals surface area contributed by atoms with Crippen molar-refractivity contribution >= 4 is 21.6 Å². The van der Waals surface area contributed by atoms with E-state index in [1.54, 1.807) is 7.11 Å². The van der Waals surface area contributed by atoms with E-state index in [9.17, 15) is 0 Å². The number of hydrogen-bond acceptors (Lipinski definition) is 3. The van der Waals surface area contributed by atoms with Crippen LogP contribution in [0, 0.1) is 0 Å². The molecule has 0 saturated heterocycles. The van der Waals surface area contributed by atoms with Crippen molar-refractivity contribution in [1.82, 2.24) is 5.32 Å². The number of nitrogens with two attached hydrogens (primary N) is 1. The Bertz CT molecular complexity index is 640. The first kappa shape index (κ1) is 14.4. The largest absolute Gasteiger partial charge is 0.496 e. The Kier molecular flexibility index (Phi) is 4.17. The lowest BCUT2D eigenvalue weighted by molar-refractivity contribution is 0.411. The predicted molar refractivity (Wildman–Crippen MR) is 90.0 cm³/mol. The fourth-order valence-corrected chi connectivity index (χ4v) is 3.47. The van der Waals surface area contributed by atoms with Crippen molar-refractivity contribution in [2.75, 3.05) is 25.9 Å². The lowest BCUT2D eigenvalue weighted by Crippen LogP contribution is -2.20. The van der Waals surface area contributed by atoms with E-state index < -0.39 is 0 Å². The molecule has 1 unspecified atom stereocenters. The number of anilines is 1. The Balaban J connectivity index is 2.09. The highest BCUT2D eigenvalue weighted by atomic mass is 79.9. The smallest absolute Gasteiger partial charge is 0.133 e. The summed E-state index contributed by atoms with van der Waals surface area (Å²) in [5.74, 6) is 1.21. The van der Waals surface area contributed by atoms with Crippen molar-refractivity contribution in [3.63, 3.8) is 0 Å². The van der Waals surface area contributed by atoms with Crippen molar-refractivity contribution in [2.45, 2.75) is 12.3 Å². The van der Waals surface area contributed by atoms with Crippen LogP contribution in [0.1, 0.15) is 22.6 Å². The highest BCUT2D eigenvalue weighted by Crippen LogP contribution is 2.36. The molecule has 2 aromatic rings. The Morgan fingerprint density at radius 3 is 2.71 bits per heavy atom. The van der Waals surface area contributed by atoms with Gasteiger partial charge in [-0.3, -0.25) is 0 Å². The molecule has 0 fully saturated rings. The average Bonchev–Trinajstić information content (AvgIpc) is 2.69. The quantitative estimate of drug-likeness (QED) is 0.820. The Morgan fingerprint density at radius 1 is 1.24 bits per heavy atom. The number of methoxy groups -OCH3 is 1. The zero-order valence-corrected chi connectivity index (χ0v) is 13.6. The molecule has 0 spiro atoms. The number of nitrogen functional groups attached to an aromatic ring is 1. The van der Waals surface area contributed by atoms with Crippen LogP contribution in [0.2, 0.25) is 0 Å². The molecule has 0 aromatic heterocycles. The third kappa shape index (κ3) is 2.92. The molecular weight excluding hydrogens is 328 g/mol. The summed E-state index contributed by atoms with van der Waals surface area (Å²) >= 11 is 3.58. The summed E-state index contributed by atoms with van der Waals surface area (Å²) in [6, 6.07) is 12.5. The summed E-state index contributed by atoms with van der Waals surface area (Å²) in [5.41, 5.74) is 10.6. The average molecular weight is 347 g/mol. The summed E-state index contributed by atoms with van der Waals surface area (Å²) in [7, 11) is 1.71. The first-order valence-corrected chi connectivity index (χ1v) is 7.91. The number of rotatable bonds is 2. The monoisotopic (exact) mass is 346 g/mol. The second kappa shape index (κ2) is 6.08. The molecule has 0 bridgehead atoms. The Labute approximate surface area is 133 Å². The third-order valence-electron chi connectivity index (χ3n) is 4.05. The first-order valence-electron chi connectivity index (χ1n) is 7.11. The van der Waals surface area contributed by atoms with Gasteiger partial charge >= 0.3 is 0 Å². The van der Waals surface area contributed by atoms with E-state index in [1.165, 1.54) is 16.7 Å². The van der Waals surface area contributed by atoms with Crippen molar-refractivity contribution in [3.05, 3.63) is 57.6 Å². The van der Waals surface area contributed by atoms with Crippen LogP contribution in [-0.2, 0) is 6.42 Å². The summed E-state index contributed by atoms with van der Waals surface area (Å²) in [5, 5.41) is 3.53.